The molecule has 0 saturated heterocycles. The smallest absolute Gasteiger partial charge is 0.341 e. The molecule has 0 unspecified atom stereocenters. The Morgan fingerprint density at radius 1 is 1.17 bits per heavy atom. The molecule has 2 aromatic carbocycles. The molecule has 2 aromatic rings. The summed E-state index contributed by atoms with van der Waals surface area (Å²) in [6.07, 6.45) is 0.766. The van der Waals surface area contributed by atoms with Gasteiger partial charge in [-0.1, -0.05) is 35.9 Å². The first-order valence-electron chi connectivity index (χ1n) is 7.51. The quantitative estimate of drug-likeness (QED) is 0.801. The zero-order valence-electron chi connectivity index (χ0n) is 12.8. The van der Waals surface area contributed by atoms with Crippen LogP contribution in [-0.2, 0) is 22.5 Å². The minimum Gasteiger partial charge on any atom is -0.452 e. The normalized spacial score (nSPS) is 13.3. The van der Waals surface area contributed by atoms with Crippen molar-refractivity contribution in [3.63, 3.8) is 0 Å². The van der Waals surface area contributed by atoms with Gasteiger partial charge in [0.15, 0.2) is 6.61 Å². The highest BCUT2D eigenvalue weighted by Gasteiger charge is 2.22. The summed E-state index contributed by atoms with van der Waals surface area (Å²) in [5.74, 6) is -1.95. The fourth-order valence-corrected chi connectivity index (χ4v) is 2.82. The van der Waals surface area contributed by atoms with Crippen molar-refractivity contribution in [1.29, 1.82) is 0 Å². The molecule has 0 aromatic heterocycles. The van der Waals surface area contributed by atoms with E-state index in [1.165, 1.54) is 17.7 Å². The molecule has 0 radical (unpaired) electrons. The molecule has 0 fully saturated rings. The van der Waals surface area contributed by atoms with Crippen molar-refractivity contribution in [1.82, 2.24) is 4.90 Å². The lowest BCUT2D eigenvalue weighted by Gasteiger charge is -2.28. The fourth-order valence-electron chi connectivity index (χ4n) is 2.66. The van der Waals surface area contributed by atoms with Crippen LogP contribution in [0.4, 0.5) is 4.39 Å². The molecular weight excluding hydrogens is 333 g/mol. The van der Waals surface area contributed by atoms with Crippen LogP contribution in [0, 0.1) is 5.82 Å². The monoisotopic (exact) mass is 347 g/mol. The number of benzene rings is 2. The topological polar surface area (TPSA) is 46.6 Å². The Hall–Kier alpha value is -2.40. The SMILES string of the molecule is O=C(OCC(=O)N1CCc2ccccc2C1)c1ccc(Cl)cc1F. The van der Waals surface area contributed by atoms with Gasteiger partial charge in [0.2, 0.25) is 0 Å². The summed E-state index contributed by atoms with van der Waals surface area (Å²) in [6, 6.07) is 11.6. The van der Waals surface area contributed by atoms with E-state index in [0.29, 0.717) is 13.1 Å². The van der Waals surface area contributed by atoms with Crippen molar-refractivity contribution in [3.05, 3.63) is 70.0 Å². The van der Waals surface area contributed by atoms with Gasteiger partial charge in [0.05, 0.1) is 5.56 Å². The Morgan fingerprint density at radius 3 is 2.67 bits per heavy atom. The summed E-state index contributed by atoms with van der Waals surface area (Å²) in [5.41, 5.74) is 2.07. The van der Waals surface area contributed by atoms with Gasteiger partial charge in [-0.2, -0.15) is 0 Å². The first-order chi connectivity index (χ1) is 11.5. The Labute approximate surface area is 143 Å². The highest BCUT2D eigenvalue weighted by Crippen LogP contribution is 2.19. The molecule has 1 heterocycles. The van der Waals surface area contributed by atoms with Gasteiger partial charge in [0.25, 0.3) is 5.91 Å². The van der Waals surface area contributed by atoms with Gasteiger partial charge in [0.1, 0.15) is 5.82 Å². The summed E-state index contributed by atoms with van der Waals surface area (Å²) in [6.45, 7) is 0.646. The maximum atomic E-state index is 13.7. The zero-order valence-corrected chi connectivity index (χ0v) is 13.6. The Balaban J connectivity index is 1.59. The number of amides is 1. The minimum absolute atomic E-state index is 0.187. The summed E-state index contributed by atoms with van der Waals surface area (Å²) in [7, 11) is 0. The third-order valence-corrected chi connectivity index (χ3v) is 4.20. The van der Waals surface area contributed by atoms with E-state index in [4.69, 9.17) is 16.3 Å². The number of carbonyl (C=O) groups excluding carboxylic acids is 2. The van der Waals surface area contributed by atoms with Crippen LogP contribution >= 0.6 is 11.6 Å². The van der Waals surface area contributed by atoms with Gasteiger partial charge in [-0.25, -0.2) is 9.18 Å². The van der Waals surface area contributed by atoms with Gasteiger partial charge in [0, 0.05) is 18.1 Å². The summed E-state index contributed by atoms with van der Waals surface area (Å²) in [4.78, 5) is 25.7. The maximum Gasteiger partial charge on any atom is 0.341 e. The van der Waals surface area contributed by atoms with Crippen molar-refractivity contribution in [2.24, 2.45) is 0 Å². The van der Waals surface area contributed by atoms with Crippen LogP contribution in [0.2, 0.25) is 5.02 Å². The van der Waals surface area contributed by atoms with Crippen LogP contribution < -0.4 is 0 Å². The fraction of sp³-hybridized carbons (Fsp3) is 0.222. The van der Waals surface area contributed by atoms with Gasteiger partial charge < -0.3 is 9.64 Å². The third-order valence-electron chi connectivity index (χ3n) is 3.96. The second-order valence-electron chi connectivity index (χ2n) is 5.53. The molecule has 1 amide bonds. The average Bonchev–Trinajstić information content (AvgIpc) is 2.59. The van der Waals surface area contributed by atoms with Gasteiger partial charge in [-0.15, -0.1) is 0 Å². The van der Waals surface area contributed by atoms with E-state index in [1.807, 2.05) is 24.3 Å². The highest BCUT2D eigenvalue weighted by molar-refractivity contribution is 6.30. The molecule has 24 heavy (non-hydrogen) atoms. The molecular formula is C18H15ClFNO3. The Kier molecular flexibility index (Phi) is 4.81. The molecule has 1 aliphatic heterocycles. The number of fused-ring (bicyclic) bond motifs is 1. The predicted octanol–water partition coefficient (Wildman–Crippen LogP) is 3.22. The zero-order chi connectivity index (χ0) is 17.1. The molecule has 0 aliphatic carbocycles. The predicted molar refractivity (Wildman–Crippen MR) is 87.3 cm³/mol. The van der Waals surface area contributed by atoms with Crippen LogP contribution in [0.3, 0.4) is 0 Å². The summed E-state index contributed by atoms with van der Waals surface area (Å²) >= 11 is 5.64. The number of hydrogen-bond acceptors (Lipinski definition) is 3. The van der Waals surface area contributed by atoms with Crippen LogP contribution in [-0.4, -0.2) is 29.9 Å². The lowest BCUT2D eigenvalue weighted by molar-refractivity contribution is -0.135. The van der Waals surface area contributed by atoms with Crippen molar-refractivity contribution < 1.29 is 18.7 Å². The largest absolute Gasteiger partial charge is 0.452 e. The molecule has 4 nitrogen and oxygen atoms in total. The van der Waals surface area contributed by atoms with Crippen molar-refractivity contribution in [2.75, 3.05) is 13.2 Å². The molecule has 0 saturated carbocycles. The number of carbonyl (C=O) groups is 2. The van der Waals surface area contributed by atoms with Gasteiger partial charge in [-0.3, -0.25) is 4.79 Å². The van der Waals surface area contributed by atoms with Gasteiger partial charge >= 0.3 is 5.97 Å². The van der Waals surface area contributed by atoms with E-state index in [2.05, 4.69) is 0 Å². The Morgan fingerprint density at radius 2 is 1.92 bits per heavy atom. The number of esters is 1. The molecule has 0 atom stereocenters. The lowest BCUT2D eigenvalue weighted by atomic mass is 10.00. The first kappa shape index (κ1) is 16.5. The molecule has 3 rings (SSSR count). The molecule has 0 spiro atoms. The number of halogens is 2. The van der Waals surface area contributed by atoms with Crippen LogP contribution in [0.1, 0.15) is 21.5 Å². The Bertz CT molecular complexity index is 794. The van der Waals surface area contributed by atoms with E-state index in [-0.39, 0.29) is 16.5 Å². The van der Waals surface area contributed by atoms with Crippen LogP contribution in [0.25, 0.3) is 0 Å². The van der Waals surface area contributed by atoms with Crippen molar-refractivity contribution in [3.8, 4) is 0 Å². The lowest BCUT2D eigenvalue weighted by Crippen LogP contribution is -2.38. The average molecular weight is 348 g/mol. The van der Waals surface area contributed by atoms with E-state index in [0.717, 1.165) is 18.1 Å². The first-order valence-corrected chi connectivity index (χ1v) is 7.89. The number of ether oxygens (including phenoxy) is 1. The van der Waals surface area contributed by atoms with E-state index >= 15 is 0 Å². The summed E-state index contributed by atoms with van der Waals surface area (Å²) in [5, 5.41) is 0.187. The van der Waals surface area contributed by atoms with Gasteiger partial charge in [-0.05, 0) is 35.7 Å². The van der Waals surface area contributed by atoms with E-state index in [9.17, 15) is 14.0 Å². The molecule has 124 valence electrons. The minimum atomic E-state index is -0.880. The maximum absolute atomic E-state index is 13.7. The van der Waals surface area contributed by atoms with Crippen molar-refractivity contribution in [2.45, 2.75) is 13.0 Å². The molecule has 1 aliphatic rings. The van der Waals surface area contributed by atoms with E-state index in [1.54, 1.807) is 4.90 Å². The number of hydrogen-bond donors (Lipinski definition) is 0. The second kappa shape index (κ2) is 7.01. The molecule has 6 heteroatoms. The summed E-state index contributed by atoms with van der Waals surface area (Å²) < 4.78 is 18.6. The van der Waals surface area contributed by atoms with Crippen LogP contribution in [0.5, 0.6) is 0 Å². The number of rotatable bonds is 3. The third kappa shape index (κ3) is 3.57. The highest BCUT2D eigenvalue weighted by atomic mass is 35.5. The molecule has 0 N–H and O–H groups in total. The van der Waals surface area contributed by atoms with E-state index < -0.39 is 18.4 Å². The van der Waals surface area contributed by atoms with Crippen LogP contribution in [0.15, 0.2) is 42.5 Å². The van der Waals surface area contributed by atoms with Crippen molar-refractivity contribution >= 4 is 23.5 Å². The number of nitrogens with zero attached hydrogens (tertiary/aromatic N) is 1. The standard InChI is InChI=1S/C18H15ClFNO3/c19-14-5-6-15(16(20)9-14)18(23)24-11-17(22)21-8-7-12-3-1-2-4-13(12)10-21/h1-6,9H,7-8,10-11H2. The molecule has 0 bridgehead atoms. The second-order valence-corrected chi connectivity index (χ2v) is 5.97.